The Bertz CT molecular complexity index is 1080. The van der Waals surface area contributed by atoms with Crippen LogP contribution >= 0.6 is 0 Å². The lowest BCUT2D eigenvalue weighted by molar-refractivity contribution is 0.0700. The second-order valence-electron chi connectivity index (χ2n) is 6.68. The number of carbonyl (C=O) groups is 1. The van der Waals surface area contributed by atoms with Crippen molar-refractivity contribution < 1.29 is 10.0 Å². The highest BCUT2D eigenvalue weighted by Gasteiger charge is 2.18. The molecule has 8 nitrogen and oxygen atoms in total. The summed E-state index contributed by atoms with van der Waals surface area (Å²) in [6, 6.07) is 12.8. The van der Waals surface area contributed by atoms with E-state index in [0.717, 1.165) is 42.9 Å². The van der Waals surface area contributed by atoms with Gasteiger partial charge < -0.3 is 10.2 Å². The first-order valence-electron chi connectivity index (χ1n) is 9.54. The third kappa shape index (κ3) is 4.60. The lowest BCUT2D eigenvalue weighted by Crippen LogP contribution is -2.44. The summed E-state index contributed by atoms with van der Waals surface area (Å²) in [7, 11) is 0. The molecule has 1 saturated heterocycles. The summed E-state index contributed by atoms with van der Waals surface area (Å²) in [5, 5.41) is 12.3. The molecule has 3 heterocycles. The van der Waals surface area contributed by atoms with Crippen LogP contribution in [0.15, 0.2) is 54.9 Å². The second-order valence-corrected chi connectivity index (χ2v) is 6.68. The van der Waals surface area contributed by atoms with Crippen molar-refractivity contribution in [2.24, 2.45) is 0 Å². The first kappa shape index (κ1) is 19.5. The van der Waals surface area contributed by atoms with E-state index in [2.05, 4.69) is 37.0 Å². The van der Waals surface area contributed by atoms with Gasteiger partial charge in [-0.15, -0.1) is 0 Å². The first-order chi connectivity index (χ1) is 14.7. The molecule has 1 fully saturated rings. The molecule has 3 N–H and O–H groups in total. The summed E-state index contributed by atoms with van der Waals surface area (Å²) in [5.74, 6) is 6.56. The minimum atomic E-state index is -0.672. The van der Waals surface area contributed by atoms with Crippen LogP contribution in [0.3, 0.4) is 0 Å². The smallest absolute Gasteiger partial charge is 0.293 e. The molecule has 3 aromatic rings. The van der Waals surface area contributed by atoms with E-state index in [-0.39, 0.29) is 5.69 Å². The summed E-state index contributed by atoms with van der Waals surface area (Å²) in [6.45, 7) is 3.23. The summed E-state index contributed by atoms with van der Waals surface area (Å²) >= 11 is 0. The number of hydrogen-bond donors (Lipinski definition) is 3. The molecule has 0 saturated carbocycles. The minimum absolute atomic E-state index is 0.108. The molecule has 150 valence electrons. The molecule has 1 amide bonds. The Morgan fingerprint density at radius 2 is 1.83 bits per heavy atom. The number of anilines is 1. The van der Waals surface area contributed by atoms with Crippen LogP contribution in [0.25, 0.3) is 11.4 Å². The van der Waals surface area contributed by atoms with Crippen molar-refractivity contribution in [2.75, 3.05) is 31.1 Å². The van der Waals surface area contributed by atoms with Crippen LogP contribution in [-0.4, -0.2) is 52.2 Å². The van der Waals surface area contributed by atoms with E-state index >= 15 is 0 Å². The maximum Gasteiger partial charge on any atom is 0.293 e. The molecular formula is C22H20N6O2. The van der Waals surface area contributed by atoms with Crippen LogP contribution in [0.5, 0.6) is 0 Å². The number of amides is 1. The normalized spacial score (nSPS) is 13.3. The molecule has 0 spiro atoms. The zero-order valence-electron chi connectivity index (χ0n) is 16.2. The molecule has 1 aliphatic heterocycles. The third-order valence-electron chi connectivity index (χ3n) is 4.64. The summed E-state index contributed by atoms with van der Waals surface area (Å²) in [4.78, 5) is 27.1. The van der Waals surface area contributed by atoms with Crippen LogP contribution in [0.1, 0.15) is 21.6 Å². The zero-order chi connectivity index (χ0) is 20.8. The van der Waals surface area contributed by atoms with E-state index in [1.165, 1.54) is 0 Å². The van der Waals surface area contributed by atoms with Crippen LogP contribution in [0.2, 0.25) is 0 Å². The Balaban J connectivity index is 1.63. The molecule has 1 aliphatic rings. The standard InChI is InChI=1S/C22H20N6O2/c29-22(27-30)19-14-20(28-12-10-23-11-13-28)26-21(25-19)18-7-5-16(6-8-18)3-4-17-2-1-9-24-15-17/h1-2,5-9,14-15,23,30H,10-13H2,(H,27,29). The number of pyridine rings is 1. The maximum atomic E-state index is 12.0. The van der Waals surface area contributed by atoms with Crippen molar-refractivity contribution in [2.45, 2.75) is 0 Å². The highest BCUT2D eigenvalue weighted by atomic mass is 16.5. The fourth-order valence-electron chi connectivity index (χ4n) is 3.08. The summed E-state index contributed by atoms with van der Waals surface area (Å²) in [6.07, 6.45) is 3.42. The van der Waals surface area contributed by atoms with Gasteiger partial charge in [0.05, 0.1) is 0 Å². The molecule has 0 radical (unpaired) electrons. The fourth-order valence-corrected chi connectivity index (χ4v) is 3.08. The molecule has 30 heavy (non-hydrogen) atoms. The van der Waals surface area contributed by atoms with E-state index in [9.17, 15) is 4.79 Å². The van der Waals surface area contributed by atoms with Gasteiger partial charge >= 0.3 is 0 Å². The second kappa shape index (κ2) is 9.13. The fraction of sp³-hybridized carbons (Fsp3) is 0.182. The van der Waals surface area contributed by atoms with Gasteiger partial charge in [-0.25, -0.2) is 15.4 Å². The molecular weight excluding hydrogens is 380 g/mol. The lowest BCUT2D eigenvalue weighted by Gasteiger charge is -2.28. The van der Waals surface area contributed by atoms with E-state index in [0.29, 0.717) is 11.6 Å². The Morgan fingerprint density at radius 3 is 2.53 bits per heavy atom. The number of nitrogens with zero attached hydrogens (tertiary/aromatic N) is 4. The maximum absolute atomic E-state index is 12.0. The number of hydroxylamine groups is 1. The largest absolute Gasteiger partial charge is 0.354 e. The highest BCUT2D eigenvalue weighted by molar-refractivity contribution is 5.92. The van der Waals surface area contributed by atoms with Crippen molar-refractivity contribution in [1.82, 2.24) is 25.7 Å². The van der Waals surface area contributed by atoms with Crippen molar-refractivity contribution >= 4 is 11.7 Å². The number of hydrogen-bond acceptors (Lipinski definition) is 7. The Labute approximate surface area is 174 Å². The van der Waals surface area contributed by atoms with E-state index in [4.69, 9.17) is 5.21 Å². The zero-order valence-corrected chi connectivity index (χ0v) is 16.2. The van der Waals surface area contributed by atoms with Crippen molar-refractivity contribution in [3.63, 3.8) is 0 Å². The average Bonchev–Trinajstić information content (AvgIpc) is 2.83. The van der Waals surface area contributed by atoms with Gasteiger partial charge in [0.25, 0.3) is 5.91 Å². The Kier molecular flexibility index (Phi) is 5.94. The average molecular weight is 400 g/mol. The van der Waals surface area contributed by atoms with Crippen molar-refractivity contribution in [3.8, 4) is 23.2 Å². The monoisotopic (exact) mass is 400 g/mol. The quantitative estimate of drug-likeness (QED) is 0.347. The predicted molar refractivity (Wildman–Crippen MR) is 112 cm³/mol. The van der Waals surface area contributed by atoms with Gasteiger partial charge in [0, 0.05) is 61.3 Å². The molecule has 0 bridgehead atoms. The number of rotatable bonds is 3. The Morgan fingerprint density at radius 1 is 1.07 bits per heavy atom. The third-order valence-corrected chi connectivity index (χ3v) is 4.64. The molecule has 8 heteroatoms. The number of nitrogens with one attached hydrogen (secondary N) is 2. The van der Waals surface area contributed by atoms with Gasteiger partial charge in [-0.1, -0.05) is 11.8 Å². The topological polar surface area (TPSA) is 103 Å². The van der Waals surface area contributed by atoms with Crippen molar-refractivity contribution in [1.29, 1.82) is 0 Å². The molecule has 2 aromatic heterocycles. The SMILES string of the molecule is O=C(NO)c1cc(N2CCNCC2)nc(-c2ccc(C#Cc3cccnc3)cc2)n1. The number of benzene rings is 1. The first-order valence-corrected chi connectivity index (χ1v) is 9.54. The van der Waals surface area contributed by atoms with E-state index in [1.54, 1.807) is 23.9 Å². The number of carbonyl (C=O) groups excluding carboxylic acids is 1. The Hall–Kier alpha value is -3.80. The van der Waals surface area contributed by atoms with E-state index in [1.807, 2.05) is 36.4 Å². The van der Waals surface area contributed by atoms with E-state index < -0.39 is 5.91 Å². The van der Waals surface area contributed by atoms with Gasteiger partial charge in [0.15, 0.2) is 5.82 Å². The molecule has 4 rings (SSSR count). The summed E-state index contributed by atoms with van der Waals surface area (Å²) < 4.78 is 0. The molecule has 1 aromatic carbocycles. The molecule has 0 unspecified atom stereocenters. The lowest BCUT2D eigenvalue weighted by atomic mass is 10.1. The minimum Gasteiger partial charge on any atom is -0.354 e. The van der Waals surface area contributed by atoms with Crippen molar-refractivity contribution in [3.05, 3.63) is 71.7 Å². The van der Waals surface area contributed by atoms with Crippen LogP contribution < -0.4 is 15.7 Å². The number of piperazine rings is 1. The van der Waals surface area contributed by atoms with Crippen LogP contribution in [0, 0.1) is 11.8 Å². The van der Waals surface area contributed by atoms with Gasteiger partial charge in [-0.2, -0.15) is 0 Å². The number of aromatic nitrogens is 3. The van der Waals surface area contributed by atoms with Gasteiger partial charge in [-0.3, -0.25) is 15.0 Å². The van der Waals surface area contributed by atoms with Gasteiger partial charge in [0.2, 0.25) is 0 Å². The van der Waals surface area contributed by atoms with Crippen LogP contribution in [-0.2, 0) is 0 Å². The van der Waals surface area contributed by atoms with Gasteiger partial charge in [-0.05, 0) is 36.4 Å². The van der Waals surface area contributed by atoms with Gasteiger partial charge in [0.1, 0.15) is 11.5 Å². The predicted octanol–water partition coefficient (Wildman–Crippen LogP) is 1.47. The highest BCUT2D eigenvalue weighted by Crippen LogP contribution is 2.21. The molecule has 0 aliphatic carbocycles. The van der Waals surface area contributed by atoms with Crippen LogP contribution in [0.4, 0.5) is 5.82 Å². The molecule has 0 atom stereocenters. The summed E-state index contributed by atoms with van der Waals surface area (Å²) in [5.41, 5.74) is 4.19.